The quantitative estimate of drug-likeness (QED) is 0.153. The van der Waals surface area contributed by atoms with Crippen LogP contribution in [0.5, 0.6) is 5.75 Å². The van der Waals surface area contributed by atoms with Gasteiger partial charge in [-0.05, 0) is 67.1 Å². The van der Waals surface area contributed by atoms with E-state index in [1.807, 2.05) is 58.0 Å². The molecular formula is C32H41N5O6S. The monoisotopic (exact) mass is 623 g/mol. The van der Waals surface area contributed by atoms with Crippen LogP contribution in [0.15, 0.2) is 70.0 Å². The number of amides is 1. The number of fused-ring (bicyclic) bond motifs is 1. The second-order valence-corrected chi connectivity index (χ2v) is 13.3. The van der Waals surface area contributed by atoms with Crippen molar-refractivity contribution in [3.05, 3.63) is 77.4 Å². The molecule has 0 radical (unpaired) electrons. The number of aryl methyl sites for hydroxylation is 2. The zero-order chi connectivity index (χ0) is 32.0. The van der Waals surface area contributed by atoms with E-state index in [0.717, 1.165) is 16.7 Å². The average molecular weight is 624 g/mol. The van der Waals surface area contributed by atoms with Crippen molar-refractivity contribution in [3.63, 3.8) is 0 Å². The first kappa shape index (κ1) is 32.8. The van der Waals surface area contributed by atoms with Gasteiger partial charge >= 0.3 is 0 Å². The van der Waals surface area contributed by atoms with E-state index in [9.17, 15) is 18.3 Å². The lowest BCUT2D eigenvalue weighted by atomic mass is 10.0. The number of aliphatic hydroxyl groups excluding tert-OH is 1. The van der Waals surface area contributed by atoms with Crippen LogP contribution in [0.4, 0.5) is 11.7 Å². The molecule has 11 nitrogen and oxygen atoms in total. The summed E-state index contributed by atoms with van der Waals surface area (Å²) >= 11 is 0. The highest BCUT2D eigenvalue weighted by atomic mass is 32.2. The van der Waals surface area contributed by atoms with Crippen LogP contribution in [0, 0.1) is 19.8 Å². The van der Waals surface area contributed by atoms with Gasteiger partial charge in [-0.2, -0.15) is 9.29 Å². The number of oxazole rings is 1. The molecule has 4 rings (SSSR count). The molecule has 0 bridgehead atoms. The number of rotatable bonds is 14. The summed E-state index contributed by atoms with van der Waals surface area (Å²) in [5.41, 5.74) is 9.82. The van der Waals surface area contributed by atoms with Crippen LogP contribution < -0.4 is 21.1 Å². The minimum Gasteiger partial charge on any atom is -0.483 e. The van der Waals surface area contributed by atoms with E-state index in [0.29, 0.717) is 22.5 Å². The highest BCUT2D eigenvalue weighted by Gasteiger charge is 2.32. The number of nitrogens with two attached hydrogens (primary N) is 1. The van der Waals surface area contributed by atoms with Crippen LogP contribution in [0.3, 0.4) is 0 Å². The van der Waals surface area contributed by atoms with Crippen LogP contribution in [0.2, 0.25) is 0 Å². The summed E-state index contributed by atoms with van der Waals surface area (Å²) in [6.07, 6.45) is -0.961. The molecule has 0 saturated carbocycles. The number of aromatic nitrogens is 1. The topological polar surface area (TPSA) is 160 Å². The first-order valence-electron chi connectivity index (χ1n) is 14.5. The van der Waals surface area contributed by atoms with E-state index in [1.54, 1.807) is 25.2 Å². The number of benzene rings is 3. The number of carbonyl (C=O) groups is 1. The molecule has 3 aromatic carbocycles. The van der Waals surface area contributed by atoms with Gasteiger partial charge in [-0.15, -0.1) is 0 Å². The van der Waals surface area contributed by atoms with Gasteiger partial charge in [0.2, 0.25) is 10.0 Å². The third kappa shape index (κ3) is 8.07. The van der Waals surface area contributed by atoms with E-state index in [1.165, 1.54) is 16.4 Å². The Kier molecular flexibility index (Phi) is 10.5. The SMILES string of the molecule is CNc1nc2ccc(S(=O)(=O)N(CC(C)C)CC(O)C(Cc3ccccc3)NC(=O)COc3c(C)cc(N)cc3C)cc2o1. The lowest BCUT2D eigenvalue weighted by Crippen LogP contribution is -2.52. The number of carbonyl (C=O) groups excluding carboxylic acids is 1. The molecular weight excluding hydrogens is 582 g/mol. The molecule has 5 N–H and O–H groups in total. The van der Waals surface area contributed by atoms with Gasteiger partial charge in [-0.1, -0.05) is 44.2 Å². The molecule has 0 aliphatic carbocycles. The minimum atomic E-state index is -4.06. The summed E-state index contributed by atoms with van der Waals surface area (Å²) in [4.78, 5) is 17.4. The summed E-state index contributed by atoms with van der Waals surface area (Å²) in [6, 6.07) is 16.9. The zero-order valence-corrected chi connectivity index (χ0v) is 26.5. The number of ether oxygens (including phenoxy) is 1. The fourth-order valence-electron chi connectivity index (χ4n) is 5.08. The third-order valence-corrected chi connectivity index (χ3v) is 8.94. The smallest absolute Gasteiger partial charge is 0.295 e. The van der Waals surface area contributed by atoms with Gasteiger partial charge in [0.1, 0.15) is 11.3 Å². The third-order valence-electron chi connectivity index (χ3n) is 7.11. The Morgan fingerprint density at radius 1 is 1.07 bits per heavy atom. The molecule has 0 fully saturated rings. The standard InChI is InChI=1S/C32H41N5O6S/c1-20(2)17-37(44(40,41)25-11-12-26-29(16-25)43-32(34-5)36-26)18-28(38)27(15-23-9-7-6-8-10-23)35-30(39)19-42-31-21(3)13-24(33)14-22(31)4/h6-14,16,20,27-28,38H,15,17-19,33H2,1-5H3,(H,34,36)(H,35,39). The van der Waals surface area contributed by atoms with Crippen LogP contribution >= 0.6 is 0 Å². The molecule has 2 atom stereocenters. The van der Waals surface area contributed by atoms with Crippen molar-refractivity contribution in [2.45, 2.75) is 51.2 Å². The zero-order valence-electron chi connectivity index (χ0n) is 25.7. The lowest BCUT2D eigenvalue weighted by Gasteiger charge is -2.30. The predicted molar refractivity (Wildman–Crippen MR) is 171 cm³/mol. The Hall–Kier alpha value is -4.13. The number of nitrogens with zero attached hydrogens (tertiary/aromatic N) is 2. The molecule has 0 spiro atoms. The Bertz CT molecular complexity index is 1670. The molecule has 2 unspecified atom stereocenters. The molecule has 0 aliphatic rings. The van der Waals surface area contributed by atoms with Gasteiger partial charge < -0.3 is 30.6 Å². The Morgan fingerprint density at radius 3 is 2.39 bits per heavy atom. The first-order valence-corrected chi connectivity index (χ1v) is 15.9. The van der Waals surface area contributed by atoms with Crippen molar-refractivity contribution >= 4 is 38.7 Å². The Morgan fingerprint density at radius 2 is 1.75 bits per heavy atom. The van der Waals surface area contributed by atoms with Crippen molar-refractivity contribution in [1.29, 1.82) is 0 Å². The molecule has 1 aromatic heterocycles. The van der Waals surface area contributed by atoms with Crippen molar-refractivity contribution < 1.29 is 27.5 Å². The number of hydrogen-bond donors (Lipinski definition) is 4. The summed E-state index contributed by atoms with van der Waals surface area (Å²) in [5.74, 6) is 0.0769. The predicted octanol–water partition coefficient (Wildman–Crippen LogP) is 3.88. The van der Waals surface area contributed by atoms with E-state index < -0.39 is 28.1 Å². The number of sulfonamides is 1. The van der Waals surface area contributed by atoms with E-state index in [2.05, 4.69) is 15.6 Å². The number of hydrogen-bond acceptors (Lipinski definition) is 9. The molecule has 236 valence electrons. The van der Waals surface area contributed by atoms with Crippen molar-refractivity contribution in [3.8, 4) is 5.75 Å². The second kappa shape index (κ2) is 14.1. The van der Waals surface area contributed by atoms with Crippen molar-refractivity contribution in [2.75, 3.05) is 37.8 Å². The molecule has 0 saturated heterocycles. The molecule has 4 aromatic rings. The number of aliphatic hydroxyl groups is 1. The van der Waals surface area contributed by atoms with E-state index in [4.69, 9.17) is 14.9 Å². The molecule has 12 heteroatoms. The average Bonchev–Trinajstić information content (AvgIpc) is 3.39. The van der Waals surface area contributed by atoms with Crippen LogP contribution in [0.25, 0.3) is 11.1 Å². The lowest BCUT2D eigenvalue weighted by molar-refractivity contribution is -0.124. The normalized spacial score (nSPS) is 13.3. The molecule has 1 amide bonds. The van der Waals surface area contributed by atoms with Gasteiger partial charge in [0, 0.05) is 31.9 Å². The van der Waals surface area contributed by atoms with Crippen molar-refractivity contribution in [2.24, 2.45) is 5.92 Å². The Labute approximate surface area is 258 Å². The maximum absolute atomic E-state index is 13.9. The fourth-order valence-corrected chi connectivity index (χ4v) is 6.72. The van der Waals surface area contributed by atoms with Gasteiger partial charge in [0.25, 0.3) is 11.9 Å². The van der Waals surface area contributed by atoms with Crippen LogP contribution in [-0.2, 0) is 21.2 Å². The van der Waals surface area contributed by atoms with Gasteiger partial charge in [0.05, 0.1) is 17.0 Å². The highest BCUT2D eigenvalue weighted by molar-refractivity contribution is 7.89. The summed E-state index contributed by atoms with van der Waals surface area (Å²) in [5, 5.41) is 17.2. The second-order valence-electron chi connectivity index (χ2n) is 11.3. The van der Waals surface area contributed by atoms with E-state index >= 15 is 0 Å². The van der Waals surface area contributed by atoms with E-state index in [-0.39, 0.29) is 42.9 Å². The minimum absolute atomic E-state index is 0.0166. The first-order chi connectivity index (χ1) is 20.9. The van der Waals surface area contributed by atoms with Gasteiger partial charge in [0.15, 0.2) is 12.2 Å². The molecule has 44 heavy (non-hydrogen) atoms. The summed E-state index contributed by atoms with van der Waals surface area (Å²) < 4.78 is 40.5. The number of nitrogens with one attached hydrogen (secondary N) is 2. The van der Waals surface area contributed by atoms with Crippen molar-refractivity contribution in [1.82, 2.24) is 14.6 Å². The molecule has 0 aliphatic heterocycles. The van der Waals surface area contributed by atoms with Crippen LogP contribution in [0.1, 0.15) is 30.5 Å². The Balaban J connectivity index is 1.56. The van der Waals surface area contributed by atoms with Crippen LogP contribution in [-0.4, -0.2) is 67.6 Å². The largest absolute Gasteiger partial charge is 0.483 e. The number of anilines is 2. The summed E-state index contributed by atoms with van der Waals surface area (Å²) in [7, 11) is -2.40. The molecule has 1 heterocycles. The highest BCUT2D eigenvalue weighted by Crippen LogP contribution is 2.27. The van der Waals surface area contributed by atoms with Gasteiger partial charge in [-0.25, -0.2) is 8.42 Å². The maximum Gasteiger partial charge on any atom is 0.295 e. The number of nitrogen functional groups attached to an aromatic ring is 1. The fraction of sp³-hybridized carbons (Fsp3) is 0.375. The maximum atomic E-state index is 13.9. The van der Waals surface area contributed by atoms with Gasteiger partial charge in [-0.3, -0.25) is 4.79 Å². The summed E-state index contributed by atoms with van der Waals surface area (Å²) in [6.45, 7) is 7.12.